The third-order valence-electron chi connectivity index (χ3n) is 4.41. The van der Waals surface area contributed by atoms with Crippen LogP contribution < -0.4 is 0 Å². The van der Waals surface area contributed by atoms with Gasteiger partial charge in [-0.25, -0.2) is 0 Å². The highest BCUT2D eigenvalue weighted by atomic mass is 16.2. The summed E-state index contributed by atoms with van der Waals surface area (Å²) in [5.41, 5.74) is 1.93. The van der Waals surface area contributed by atoms with Crippen molar-refractivity contribution in [3.8, 4) is 0 Å². The molecule has 1 aliphatic heterocycles. The Labute approximate surface area is 139 Å². The summed E-state index contributed by atoms with van der Waals surface area (Å²) in [4.78, 5) is 16.6. The van der Waals surface area contributed by atoms with E-state index in [9.17, 15) is 4.79 Å². The van der Waals surface area contributed by atoms with Crippen LogP contribution in [0.25, 0.3) is 0 Å². The fraction of sp³-hybridized carbons (Fsp3) is 0.350. The van der Waals surface area contributed by atoms with Crippen LogP contribution in [0, 0.1) is 5.92 Å². The number of likely N-dealkylation sites (tertiary alicyclic amines) is 1. The second kappa shape index (κ2) is 8.37. The molecule has 0 saturated carbocycles. The number of benzene rings is 1. The molecule has 1 fully saturated rings. The maximum Gasteiger partial charge on any atom is 0.253 e. The number of hydrogen-bond acceptors (Lipinski definition) is 2. The molecule has 1 aromatic rings. The zero-order chi connectivity index (χ0) is 16.7. The summed E-state index contributed by atoms with van der Waals surface area (Å²) in [5, 5.41) is 0. The highest BCUT2D eigenvalue weighted by molar-refractivity contribution is 5.94. The van der Waals surface area contributed by atoms with Crippen LogP contribution in [0.1, 0.15) is 30.1 Å². The molecule has 23 heavy (non-hydrogen) atoms. The topological polar surface area (TPSA) is 23.6 Å². The molecule has 0 aromatic heterocycles. The monoisotopic (exact) mass is 310 g/mol. The van der Waals surface area contributed by atoms with Crippen molar-refractivity contribution in [2.45, 2.75) is 19.8 Å². The zero-order valence-corrected chi connectivity index (χ0v) is 13.9. The maximum absolute atomic E-state index is 12.5. The predicted molar refractivity (Wildman–Crippen MR) is 95.9 cm³/mol. The van der Waals surface area contributed by atoms with Gasteiger partial charge in [0.05, 0.1) is 0 Å². The van der Waals surface area contributed by atoms with E-state index < -0.39 is 0 Å². The van der Waals surface area contributed by atoms with Crippen molar-refractivity contribution in [2.75, 3.05) is 19.6 Å². The molecule has 3 nitrogen and oxygen atoms in total. The maximum atomic E-state index is 12.5. The number of nitrogens with zero attached hydrogens (tertiary/aromatic N) is 2. The van der Waals surface area contributed by atoms with Crippen LogP contribution in [0.5, 0.6) is 0 Å². The molecule has 0 radical (unpaired) electrons. The molecular formula is C20H26N2O. The molecule has 1 amide bonds. The molecule has 0 bridgehead atoms. The molecule has 0 aliphatic carbocycles. The van der Waals surface area contributed by atoms with Gasteiger partial charge in [0, 0.05) is 30.9 Å². The van der Waals surface area contributed by atoms with Gasteiger partial charge in [-0.3, -0.25) is 4.79 Å². The first-order valence-electron chi connectivity index (χ1n) is 8.18. The minimum atomic E-state index is 0.146. The van der Waals surface area contributed by atoms with Crippen LogP contribution in [-0.4, -0.2) is 35.3 Å². The Bertz CT molecular complexity index is 569. The standard InChI is InChI=1S/C20H26N2O/c1-4-9-17(3)21(5-2)16-18-12-14-22(15-13-18)20(23)19-10-7-6-8-11-19/h4-11,18H,1-2,12-16H2,3H3/b17-9+. The van der Waals surface area contributed by atoms with Gasteiger partial charge in [-0.15, -0.1) is 0 Å². The fourth-order valence-corrected chi connectivity index (χ4v) is 2.99. The van der Waals surface area contributed by atoms with E-state index in [-0.39, 0.29) is 5.91 Å². The molecule has 3 heteroatoms. The van der Waals surface area contributed by atoms with Crippen molar-refractivity contribution >= 4 is 5.91 Å². The summed E-state index contributed by atoms with van der Waals surface area (Å²) in [7, 11) is 0. The van der Waals surface area contributed by atoms with E-state index in [1.807, 2.05) is 47.5 Å². The molecule has 1 aliphatic rings. The quantitative estimate of drug-likeness (QED) is 0.739. The lowest BCUT2D eigenvalue weighted by atomic mass is 9.95. The molecule has 0 unspecified atom stereocenters. The lowest BCUT2D eigenvalue weighted by Gasteiger charge is -2.34. The fourth-order valence-electron chi connectivity index (χ4n) is 2.99. The second-order valence-corrected chi connectivity index (χ2v) is 5.98. The smallest absolute Gasteiger partial charge is 0.253 e. The Kier molecular flexibility index (Phi) is 6.21. The van der Waals surface area contributed by atoms with Crippen molar-refractivity contribution in [3.63, 3.8) is 0 Å². The summed E-state index contributed by atoms with van der Waals surface area (Å²) in [6, 6.07) is 9.54. The lowest BCUT2D eigenvalue weighted by molar-refractivity contribution is 0.0681. The molecular weight excluding hydrogens is 284 g/mol. The van der Waals surface area contributed by atoms with Gasteiger partial charge in [0.1, 0.15) is 0 Å². The van der Waals surface area contributed by atoms with E-state index in [0.717, 1.165) is 43.7 Å². The van der Waals surface area contributed by atoms with E-state index >= 15 is 0 Å². The number of amides is 1. The normalized spacial score (nSPS) is 16.0. The highest BCUT2D eigenvalue weighted by Gasteiger charge is 2.24. The summed E-state index contributed by atoms with van der Waals surface area (Å²) >= 11 is 0. The van der Waals surface area contributed by atoms with Gasteiger partial charge in [-0.1, -0.05) is 37.4 Å². The van der Waals surface area contributed by atoms with Crippen molar-refractivity contribution in [1.29, 1.82) is 0 Å². The Balaban J connectivity index is 1.88. The van der Waals surface area contributed by atoms with Gasteiger partial charge in [0.25, 0.3) is 5.91 Å². The van der Waals surface area contributed by atoms with Crippen molar-refractivity contribution in [2.24, 2.45) is 5.92 Å². The number of hydrogen-bond donors (Lipinski definition) is 0. The van der Waals surface area contributed by atoms with Gasteiger partial charge in [0.15, 0.2) is 0 Å². The van der Waals surface area contributed by atoms with Gasteiger partial charge in [0.2, 0.25) is 0 Å². The van der Waals surface area contributed by atoms with Crippen LogP contribution in [-0.2, 0) is 0 Å². The van der Waals surface area contributed by atoms with Crippen LogP contribution in [0.15, 0.2) is 67.5 Å². The molecule has 0 N–H and O–H groups in total. The lowest BCUT2D eigenvalue weighted by Crippen LogP contribution is -2.40. The van der Waals surface area contributed by atoms with Crippen LogP contribution in [0.4, 0.5) is 0 Å². The van der Waals surface area contributed by atoms with Gasteiger partial charge in [-0.2, -0.15) is 0 Å². The van der Waals surface area contributed by atoms with Crippen molar-refractivity contribution < 1.29 is 4.79 Å². The predicted octanol–water partition coefficient (Wildman–Crippen LogP) is 4.07. The van der Waals surface area contributed by atoms with E-state index in [2.05, 4.69) is 25.0 Å². The second-order valence-electron chi connectivity index (χ2n) is 5.98. The zero-order valence-electron chi connectivity index (χ0n) is 13.9. The number of rotatable bonds is 6. The first kappa shape index (κ1) is 17.1. The minimum Gasteiger partial charge on any atom is -0.352 e. The summed E-state index contributed by atoms with van der Waals surface area (Å²) in [6.45, 7) is 12.3. The highest BCUT2D eigenvalue weighted by Crippen LogP contribution is 2.21. The molecule has 1 aromatic carbocycles. The molecule has 2 rings (SSSR count). The van der Waals surface area contributed by atoms with Gasteiger partial charge in [-0.05, 0) is 50.1 Å². The van der Waals surface area contributed by atoms with Gasteiger partial charge < -0.3 is 9.80 Å². The van der Waals surface area contributed by atoms with Crippen LogP contribution in [0.3, 0.4) is 0 Å². The first-order valence-corrected chi connectivity index (χ1v) is 8.18. The Hall–Kier alpha value is -2.29. The van der Waals surface area contributed by atoms with Crippen LogP contribution >= 0.6 is 0 Å². The van der Waals surface area contributed by atoms with E-state index in [0.29, 0.717) is 5.92 Å². The minimum absolute atomic E-state index is 0.146. The number of carbonyl (C=O) groups excluding carboxylic acids is 1. The van der Waals surface area contributed by atoms with Crippen molar-refractivity contribution in [1.82, 2.24) is 9.80 Å². The van der Waals surface area contributed by atoms with Crippen LogP contribution in [0.2, 0.25) is 0 Å². The molecule has 122 valence electrons. The Morgan fingerprint density at radius 2 is 1.91 bits per heavy atom. The Morgan fingerprint density at radius 3 is 2.48 bits per heavy atom. The van der Waals surface area contributed by atoms with Crippen molar-refractivity contribution in [3.05, 3.63) is 73.1 Å². The Morgan fingerprint density at radius 1 is 1.26 bits per heavy atom. The summed E-state index contributed by atoms with van der Waals surface area (Å²) in [5.74, 6) is 0.730. The number of piperidine rings is 1. The van der Waals surface area contributed by atoms with E-state index in [1.54, 1.807) is 6.08 Å². The molecule has 1 heterocycles. The SMILES string of the molecule is C=C/C=C(\C)N(C=C)CC1CCN(C(=O)c2ccccc2)CC1. The summed E-state index contributed by atoms with van der Waals surface area (Å²) in [6.07, 6.45) is 7.73. The van der Waals surface area contributed by atoms with Gasteiger partial charge >= 0.3 is 0 Å². The first-order chi connectivity index (χ1) is 11.2. The molecule has 0 spiro atoms. The average molecular weight is 310 g/mol. The molecule has 0 atom stereocenters. The number of carbonyl (C=O) groups is 1. The largest absolute Gasteiger partial charge is 0.352 e. The third kappa shape index (κ3) is 4.59. The summed E-state index contributed by atoms with van der Waals surface area (Å²) < 4.78 is 0. The number of allylic oxidation sites excluding steroid dienone is 3. The van der Waals surface area contributed by atoms with E-state index in [4.69, 9.17) is 0 Å². The molecule has 1 saturated heterocycles. The van der Waals surface area contributed by atoms with E-state index in [1.165, 1.54) is 0 Å². The average Bonchev–Trinajstić information content (AvgIpc) is 2.60. The third-order valence-corrected chi connectivity index (χ3v) is 4.41.